The summed E-state index contributed by atoms with van der Waals surface area (Å²) in [6, 6.07) is 1.63. The highest BCUT2D eigenvalue weighted by atomic mass is 16.5. The van der Waals surface area contributed by atoms with Gasteiger partial charge in [0.2, 0.25) is 5.88 Å². The molecule has 18 heavy (non-hydrogen) atoms. The number of nitrogens with zero attached hydrogens (tertiary/aromatic N) is 2. The molecule has 1 heterocycles. The molecular weight excluding hydrogens is 236 g/mol. The fourth-order valence-electron chi connectivity index (χ4n) is 1.23. The number of anilines is 1. The van der Waals surface area contributed by atoms with Gasteiger partial charge < -0.3 is 19.6 Å². The van der Waals surface area contributed by atoms with Crippen molar-refractivity contribution in [3.8, 4) is 5.88 Å². The second kappa shape index (κ2) is 8.62. The van der Waals surface area contributed by atoms with Crippen molar-refractivity contribution >= 4 is 5.82 Å². The van der Waals surface area contributed by atoms with Gasteiger partial charge in [-0.3, -0.25) is 0 Å². The molecule has 0 aromatic carbocycles. The third-order valence-corrected chi connectivity index (χ3v) is 2.01. The van der Waals surface area contributed by atoms with E-state index in [4.69, 9.17) is 20.1 Å². The highest BCUT2D eigenvalue weighted by Crippen LogP contribution is 2.13. The van der Waals surface area contributed by atoms with Crippen molar-refractivity contribution in [1.82, 2.24) is 9.97 Å². The lowest BCUT2D eigenvalue weighted by Gasteiger charge is -2.09. The van der Waals surface area contributed by atoms with Crippen LogP contribution in [-0.4, -0.2) is 36.4 Å². The Morgan fingerprint density at radius 3 is 2.61 bits per heavy atom. The van der Waals surface area contributed by atoms with Gasteiger partial charge in [-0.25, -0.2) is 10.8 Å². The van der Waals surface area contributed by atoms with Crippen LogP contribution in [0.3, 0.4) is 0 Å². The van der Waals surface area contributed by atoms with Crippen LogP contribution in [0.25, 0.3) is 0 Å². The molecule has 0 aliphatic carbocycles. The molecule has 0 atom stereocenters. The lowest BCUT2D eigenvalue weighted by Crippen LogP contribution is -2.13. The molecule has 1 rings (SSSR count). The van der Waals surface area contributed by atoms with E-state index < -0.39 is 0 Å². The van der Waals surface area contributed by atoms with Crippen molar-refractivity contribution in [2.75, 3.05) is 31.9 Å². The van der Waals surface area contributed by atoms with Crippen molar-refractivity contribution in [1.29, 1.82) is 0 Å². The number of nitrogen functional groups attached to an aromatic ring is 1. The minimum absolute atomic E-state index is 0.327. The van der Waals surface area contributed by atoms with Crippen LogP contribution < -0.4 is 16.0 Å². The van der Waals surface area contributed by atoms with Gasteiger partial charge in [0.25, 0.3) is 0 Å². The van der Waals surface area contributed by atoms with Gasteiger partial charge >= 0.3 is 0 Å². The van der Waals surface area contributed by atoms with E-state index in [9.17, 15) is 0 Å². The maximum absolute atomic E-state index is 5.44. The minimum Gasteiger partial charge on any atom is -0.475 e. The Morgan fingerprint density at radius 1 is 1.17 bits per heavy atom. The van der Waals surface area contributed by atoms with Crippen molar-refractivity contribution in [3.63, 3.8) is 0 Å². The number of ether oxygens (including phenoxy) is 3. The standard InChI is InChI=1S/C11H20N4O3/c1-3-16-5-6-18-11-7-9(15-12)13-10(14-11)8-17-4-2/h7H,3-6,8,12H2,1-2H3,(H,13,14,15). The van der Waals surface area contributed by atoms with Crippen LogP contribution in [0.1, 0.15) is 19.7 Å². The van der Waals surface area contributed by atoms with Gasteiger partial charge in [-0.1, -0.05) is 0 Å². The van der Waals surface area contributed by atoms with E-state index >= 15 is 0 Å². The zero-order valence-corrected chi connectivity index (χ0v) is 10.8. The topological polar surface area (TPSA) is 91.5 Å². The average Bonchev–Trinajstić information content (AvgIpc) is 2.41. The molecule has 0 radical (unpaired) electrons. The molecule has 0 aliphatic heterocycles. The molecule has 0 amide bonds. The van der Waals surface area contributed by atoms with E-state index in [0.717, 1.165) is 0 Å². The number of rotatable bonds is 9. The molecule has 0 aliphatic rings. The van der Waals surface area contributed by atoms with E-state index in [1.165, 1.54) is 0 Å². The zero-order valence-electron chi connectivity index (χ0n) is 10.8. The molecule has 0 unspecified atom stereocenters. The summed E-state index contributed by atoms with van der Waals surface area (Å²) in [5.41, 5.74) is 2.47. The van der Waals surface area contributed by atoms with Gasteiger partial charge in [-0.05, 0) is 13.8 Å². The van der Waals surface area contributed by atoms with E-state index in [-0.39, 0.29) is 0 Å². The average molecular weight is 256 g/mol. The Balaban J connectivity index is 2.58. The van der Waals surface area contributed by atoms with Gasteiger partial charge in [0, 0.05) is 19.3 Å². The van der Waals surface area contributed by atoms with Crippen LogP contribution in [0.2, 0.25) is 0 Å². The molecule has 0 saturated carbocycles. The highest BCUT2D eigenvalue weighted by molar-refractivity contribution is 5.36. The number of hydrogen-bond acceptors (Lipinski definition) is 7. The van der Waals surface area contributed by atoms with Crippen molar-refractivity contribution in [2.24, 2.45) is 5.84 Å². The highest BCUT2D eigenvalue weighted by Gasteiger charge is 2.05. The zero-order chi connectivity index (χ0) is 13.2. The normalized spacial score (nSPS) is 10.4. The number of nitrogens with two attached hydrogens (primary N) is 1. The first-order valence-electron chi connectivity index (χ1n) is 5.93. The molecule has 0 bridgehead atoms. The quantitative estimate of drug-likeness (QED) is 0.382. The van der Waals surface area contributed by atoms with E-state index in [1.54, 1.807) is 6.07 Å². The second-order valence-corrected chi connectivity index (χ2v) is 3.33. The fraction of sp³-hybridized carbons (Fsp3) is 0.636. The molecular formula is C11H20N4O3. The van der Waals surface area contributed by atoms with Crippen molar-refractivity contribution < 1.29 is 14.2 Å². The van der Waals surface area contributed by atoms with E-state index in [2.05, 4.69) is 15.4 Å². The lowest BCUT2D eigenvalue weighted by atomic mass is 10.5. The molecule has 0 saturated heterocycles. The first-order valence-corrected chi connectivity index (χ1v) is 5.93. The van der Waals surface area contributed by atoms with E-state index in [0.29, 0.717) is 50.6 Å². The second-order valence-electron chi connectivity index (χ2n) is 3.33. The summed E-state index contributed by atoms with van der Waals surface area (Å²) in [6.45, 7) is 6.39. The monoisotopic (exact) mass is 256 g/mol. The third kappa shape index (κ3) is 5.26. The lowest BCUT2D eigenvalue weighted by molar-refractivity contribution is 0.106. The molecule has 7 nitrogen and oxygen atoms in total. The Hall–Kier alpha value is -1.44. The molecule has 102 valence electrons. The number of hydrogen-bond donors (Lipinski definition) is 2. The van der Waals surface area contributed by atoms with Crippen LogP contribution in [0, 0.1) is 0 Å². The largest absolute Gasteiger partial charge is 0.475 e. The van der Waals surface area contributed by atoms with Gasteiger partial charge in [-0.2, -0.15) is 4.98 Å². The molecule has 0 spiro atoms. The van der Waals surface area contributed by atoms with Crippen molar-refractivity contribution in [2.45, 2.75) is 20.5 Å². The smallest absolute Gasteiger partial charge is 0.218 e. The Labute approximate surface area is 107 Å². The number of aromatic nitrogens is 2. The van der Waals surface area contributed by atoms with Crippen LogP contribution in [0.15, 0.2) is 6.07 Å². The Kier molecular flexibility index (Phi) is 7.00. The van der Waals surface area contributed by atoms with E-state index in [1.807, 2.05) is 13.8 Å². The molecule has 3 N–H and O–H groups in total. The van der Waals surface area contributed by atoms with Gasteiger partial charge in [-0.15, -0.1) is 0 Å². The summed E-state index contributed by atoms with van der Waals surface area (Å²) in [5, 5.41) is 0. The summed E-state index contributed by atoms with van der Waals surface area (Å²) in [7, 11) is 0. The van der Waals surface area contributed by atoms with Gasteiger partial charge in [0.1, 0.15) is 19.0 Å². The summed E-state index contributed by atoms with van der Waals surface area (Å²) in [6.07, 6.45) is 0. The maximum Gasteiger partial charge on any atom is 0.218 e. The Bertz CT molecular complexity index is 349. The Morgan fingerprint density at radius 2 is 1.94 bits per heavy atom. The summed E-state index contributed by atoms with van der Waals surface area (Å²) in [5.74, 6) is 6.80. The fourth-order valence-corrected chi connectivity index (χ4v) is 1.23. The summed E-state index contributed by atoms with van der Waals surface area (Å²) < 4.78 is 15.9. The van der Waals surface area contributed by atoms with Crippen molar-refractivity contribution in [3.05, 3.63) is 11.9 Å². The maximum atomic E-state index is 5.44. The third-order valence-electron chi connectivity index (χ3n) is 2.01. The predicted octanol–water partition coefficient (Wildman–Crippen LogP) is 0.714. The predicted molar refractivity (Wildman–Crippen MR) is 67.2 cm³/mol. The first-order chi connectivity index (χ1) is 8.80. The van der Waals surface area contributed by atoms with Crippen LogP contribution in [0.4, 0.5) is 5.82 Å². The number of nitrogens with one attached hydrogen (secondary N) is 1. The van der Waals surface area contributed by atoms with Crippen LogP contribution in [0.5, 0.6) is 5.88 Å². The van der Waals surface area contributed by atoms with Gasteiger partial charge in [0.05, 0.1) is 6.61 Å². The summed E-state index contributed by atoms with van der Waals surface area (Å²) >= 11 is 0. The minimum atomic E-state index is 0.327. The SMILES string of the molecule is CCOCCOc1cc(NN)nc(COCC)n1. The first kappa shape index (κ1) is 14.6. The van der Waals surface area contributed by atoms with Crippen LogP contribution in [-0.2, 0) is 16.1 Å². The summed E-state index contributed by atoms with van der Waals surface area (Å²) in [4.78, 5) is 8.36. The molecule has 1 aromatic rings. The van der Waals surface area contributed by atoms with Gasteiger partial charge in [0.15, 0.2) is 5.82 Å². The molecule has 7 heteroatoms. The molecule has 0 fully saturated rings. The number of hydrazine groups is 1. The van der Waals surface area contributed by atoms with Crippen LogP contribution >= 0.6 is 0 Å². The molecule has 1 aromatic heterocycles.